The van der Waals surface area contributed by atoms with Gasteiger partial charge in [0.1, 0.15) is 0 Å². The molecular formula is C19H16Cl2N2O3S. The minimum absolute atomic E-state index is 0.280. The second-order valence-electron chi connectivity index (χ2n) is 5.57. The molecule has 0 aliphatic heterocycles. The van der Waals surface area contributed by atoms with Gasteiger partial charge in [0.2, 0.25) is 0 Å². The van der Waals surface area contributed by atoms with Crippen LogP contribution in [0.4, 0.5) is 5.13 Å². The summed E-state index contributed by atoms with van der Waals surface area (Å²) in [6.45, 7) is 0. The van der Waals surface area contributed by atoms with Gasteiger partial charge in [-0.05, 0) is 42.0 Å². The largest absolute Gasteiger partial charge is 0.493 e. The van der Waals surface area contributed by atoms with Gasteiger partial charge in [-0.3, -0.25) is 10.1 Å². The Hall–Kier alpha value is -2.28. The Morgan fingerprint density at radius 1 is 1.11 bits per heavy atom. The third-order valence-electron chi connectivity index (χ3n) is 3.79. The summed E-state index contributed by atoms with van der Waals surface area (Å²) in [4.78, 5) is 17.7. The summed E-state index contributed by atoms with van der Waals surface area (Å²) in [6, 6.07) is 10.3. The first-order valence-electron chi connectivity index (χ1n) is 7.92. The summed E-state index contributed by atoms with van der Waals surface area (Å²) in [5, 5.41) is 4.56. The smallest absolute Gasteiger partial charge is 0.257 e. The molecule has 5 nitrogen and oxygen atoms in total. The molecule has 140 valence electrons. The number of hydrogen-bond donors (Lipinski definition) is 1. The van der Waals surface area contributed by atoms with Gasteiger partial charge in [0.15, 0.2) is 16.6 Å². The Bertz CT molecular complexity index is 975. The molecule has 27 heavy (non-hydrogen) atoms. The van der Waals surface area contributed by atoms with Crippen molar-refractivity contribution in [1.82, 2.24) is 4.98 Å². The zero-order valence-electron chi connectivity index (χ0n) is 14.6. The predicted octanol–water partition coefficient (Wildman–Crippen LogP) is 5.31. The second-order valence-corrected chi connectivity index (χ2v) is 7.53. The van der Waals surface area contributed by atoms with E-state index in [2.05, 4.69) is 10.3 Å². The summed E-state index contributed by atoms with van der Waals surface area (Å²) in [7, 11) is 3.06. The van der Waals surface area contributed by atoms with Crippen molar-refractivity contribution in [3.05, 3.63) is 68.6 Å². The average Bonchev–Trinajstić information content (AvgIpc) is 3.10. The van der Waals surface area contributed by atoms with Gasteiger partial charge >= 0.3 is 0 Å². The van der Waals surface area contributed by atoms with Crippen LogP contribution in [0.5, 0.6) is 11.5 Å². The number of carbonyl (C=O) groups excluding carboxylic acids is 1. The first-order valence-corrected chi connectivity index (χ1v) is 9.49. The normalized spacial score (nSPS) is 10.5. The monoisotopic (exact) mass is 422 g/mol. The topological polar surface area (TPSA) is 60.5 Å². The van der Waals surface area contributed by atoms with E-state index < -0.39 is 0 Å². The first kappa shape index (κ1) is 19.5. The Morgan fingerprint density at radius 3 is 2.63 bits per heavy atom. The molecule has 0 fully saturated rings. The quantitative estimate of drug-likeness (QED) is 0.584. The molecule has 0 saturated heterocycles. The molecule has 0 atom stereocenters. The van der Waals surface area contributed by atoms with Gasteiger partial charge in [0.25, 0.3) is 5.91 Å². The molecule has 1 N–H and O–H groups in total. The fourth-order valence-corrected chi connectivity index (χ4v) is 3.67. The lowest BCUT2D eigenvalue weighted by Crippen LogP contribution is -2.11. The molecule has 0 spiro atoms. The third-order valence-corrected chi connectivity index (χ3v) is 5.31. The maximum absolute atomic E-state index is 12.5. The fourth-order valence-electron chi connectivity index (χ4n) is 2.46. The zero-order valence-corrected chi connectivity index (χ0v) is 16.9. The van der Waals surface area contributed by atoms with Crippen molar-refractivity contribution in [3.8, 4) is 11.5 Å². The van der Waals surface area contributed by atoms with Crippen molar-refractivity contribution >= 4 is 45.6 Å². The molecule has 0 saturated carbocycles. The SMILES string of the molecule is COc1ccc(C(=O)Nc2ncc(Cc3cc(Cl)ccc3Cl)s2)cc1OC. The van der Waals surface area contributed by atoms with Crippen LogP contribution in [0, 0.1) is 0 Å². The van der Waals surface area contributed by atoms with Crippen molar-refractivity contribution in [2.45, 2.75) is 6.42 Å². The van der Waals surface area contributed by atoms with E-state index in [0.29, 0.717) is 38.7 Å². The van der Waals surface area contributed by atoms with Gasteiger partial charge in [0.05, 0.1) is 14.2 Å². The number of hydrogen-bond acceptors (Lipinski definition) is 5. The van der Waals surface area contributed by atoms with Crippen LogP contribution in [0.25, 0.3) is 0 Å². The van der Waals surface area contributed by atoms with E-state index in [-0.39, 0.29) is 5.91 Å². The number of amides is 1. The number of methoxy groups -OCH3 is 2. The highest BCUT2D eigenvalue weighted by Crippen LogP contribution is 2.29. The van der Waals surface area contributed by atoms with Crippen LogP contribution in [-0.2, 0) is 6.42 Å². The standard InChI is InChI=1S/C19H16Cl2N2O3S/c1-25-16-6-3-11(9-17(16)26-2)18(24)23-19-22-10-14(27-19)8-12-7-13(20)4-5-15(12)21/h3-7,9-10H,8H2,1-2H3,(H,22,23,24). The van der Waals surface area contributed by atoms with Crippen LogP contribution in [0.1, 0.15) is 20.8 Å². The predicted molar refractivity (Wildman–Crippen MR) is 109 cm³/mol. The molecule has 0 aliphatic carbocycles. The second kappa shape index (κ2) is 8.61. The highest BCUT2D eigenvalue weighted by Gasteiger charge is 2.13. The van der Waals surface area contributed by atoms with Crippen molar-refractivity contribution in [1.29, 1.82) is 0 Å². The van der Waals surface area contributed by atoms with E-state index in [1.807, 2.05) is 6.07 Å². The molecular weight excluding hydrogens is 407 g/mol. The van der Waals surface area contributed by atoms with Crippen molar-refractivity contribution in [2.75, 3.05) is 19.5 Å². The summed E-state index contributed by atoms with van der Waals surface area (Å²) in [5.74, 6) is 0.766. The Kier molecular flexibility index (Phi) is 6.21. The minimum Gasteiger partial charge on any atom is -0.493 e. The Labute approximate surface area is 170 Å². The summed E-state index contributed by atoms with van der Waals surface area (Å²) >= 11 is 13.6. The molecule has 0 aliphatic rings. The number of nitrogens with one attached hydrogen (secondary N) is 1. The number of halogens is 2. The van der Waals surface area contributed by atoms with Crippen LogP contribution in [-0.4, -0.2) is 25.1 Å². The minimum atomic E-state index is -0.280. The molecule has 1 amide bonds. The lowest BCUT2D eigenvalue weighted by molar-refractivity contribution is 0.102. The summed E-state index contributed by atoms with van der Waals surface area (Å²) in [5.41, 5.74) is 1.35. The van der Waals surface area contributed by atoms with E-state index in [4.69, 9.17) is 32.7 Å². The number of rotatable bonds is 6. The van der Waals surface area contributed by atoms with Gasteiger partial charge in [-0.2, -0.15) is 0 Å². The third kappa shape index (κ3) is 4.71. The van der Waals surface area contributed by atoms with E-state index in [9.17, 15) is 4.79 Å². The van der Waals surface area contributed by atoms with Crippen molar-refractivity contribution < 1.29 is 14.3 Å². The maximum Gasteiger partial charge on any atom is 0.257 e. The summed E-state index contributed by atoms with van der Waals surface area (Å²) < 4.78 is 10.4. The highest BCUT2D eigenvalue weighted by molar-refractivity contribution is 7.15. The molecule has 8 heteroatoms. The van der Waals surface area contributed by atoms with Crippen molar-refractivity contribution in [3.63, 3.8) is 0 Å². The summed E-state index contributed by atoms with van der Waals surface area (Å²) in [6.07, 6.45) is 2.30. The van der Waals surface area contributed by atoms with Gasteiger partial charge in [-0.1, -0.05) is 23.2 Å². The van der Waals surface area contributed by atoms with E-state index in [1.165, 1.54) is 18.4 Å². The van der Waals surface area contributed by atoms with E-state index in [0.717, 1.165) is 10.4 Å². The van der Waals surface area contributed by atoms with Crippen LogP contribution in [0.15, 0.2) is 42.6 Å². The number of ether oxygens (including phenoxy) is 2. The Morgan fingerprint density at radius 2 is 1.89 bits per heavy atom. The number of nitrogens with zero attached hydrogens (tertiary/aromatic N) is 1. The maximum atomic E-state index is 12.5. The van der Waals surface area contributed by atoms with Gasteiger partial charge in [-0.15, -0.1) is 11.3 Å². The van der Waals surface area contributed by atoms with E-state index in [1.54, 1.807) is 43.6 Å². The van der Waals surface area contributed by atoms with Crippen LogP contribution in [0.3, 0.4) is 0 Å². The number of carbonyl (C=O) groups is 1. The molecule has 0 unspecified atom stereocenters. The van der Waals surface area contributed by atoms with Gasteiger partial charge in [0, 0.05) is 33.1 Å². The zero-order chi connectivity index (χ0) is 19.4. The number of thiazole rings is 1. The first-order chi connectivity index (χ1) is 13.0. The number of benzene rings is 2. The average molecular weight is 423 g/mol. The molecule has 0 bridgehead atoms. The molecule has 3 rings (SSSR count). The molecule has 2 aromatic carbocycles. The van der Waals surface area contributed by atoms with Crippen LogP contribution < -0.4 is 14.8 Å². The number of anilines is 1. The molecule has 1 aromatic heterocycles. The van der Waals surface area contributed by atoms with Crippen LogP contribution in [0.2, 0.25) is 10.0 Å². The van der Waals surface area contributed by atoms with Crippen molar-refractivity contribution in [2.24, 2.45) is 0 Å². The molecule has 1 heterocycles. The Balaban J connectivity index is 1.72. The van der Waals surface area contributed by atoms with Gasteiger partial charge < -0.3 is 9.47 Å². The number of aromatic nitrogens is 1. The highest BCUT2D eigenvalue weighted by atomic mass is 35.5. The lowest BCUT2D eigenvalue weighted by atomic mass is 10.1. The van der Waals surface area contributed by atoms with Crippen LogP contribution >= 0.6 is 34.5 Å². The molecule has 0 radical (unpaired) electrons. The van der Waals surface area contributed by atoms with Gasteiger partial charge in [-0.25, -0.2) is 4.98 Å². The van der Waals surface area contributed by atoms with E-state index >= 15 is 0 Å². The molecule has 3 aromatic rings. The lowest BCUT2D eigenvalue weighted by Gasteiger charge is -2.09. The fraction of sp³-hybridized carbons (Fsp3) is 0.158.